The van der Waals surface area contributed by atoms with E-state index < -0.39 is 0 Å². The maximum Gasteiger partial charge on any atom is 0.219 e. The maximum absolute atomic E-state index is 12.8. The van der Waals surface area contributed by atoms with Crippen LogP contribution in [0.4, 0.5) is 5.69 Å². The van der Waals surface area contributed by atoms with Crippen molar-refractivity contribution < 1.29 is 14.7 Å². The topological polar surface area (TPSA) is 82.0 Å². The molecule has 40 heavy (non-hydrogen) atoms. The van der Waals surface area contributed by atoms with E-state index in [9.17, 15) is 9.59 Å². The summed E-state index contributed by atoms with van der Waals surface area (Å²) >= 11 is 1.77. The van der Waals surface area contributed by atoms with Crippen molar-refractivity contribution in [3.8, 4) is 0 Å². The van der Waals surface area contributed by atoms with Crippen LogP contribution in [-0.4, -0.2) is 53.4 Å². The summed E-state index contributed by atoms with van der Waals surface area (Å²) in [6.07, 6.45) is 13.2. The first-order chi connectivity index (χ1) is 19.5. The number of nitrogens with zero attached hydrogens (tertiary/aromatic N) is 2. The van der Waals surface area contributed by atoms with Crippen molar-refractivity contribution in [2.24, 2.45) is 10.9 Å². The number of Topliss-reactive ketones (excluding diaryl/α,β-unsaturated/α-hetero) is 1. The highest BCUT2D eigenvalue weighted by molar-refractivity contribution is 7.99. The lowest BCUT2D eigenvalue weighted by atomic mass is 9.93. The van der Waals surface area contributed by atoms with E-state index in [1.165, 1.54) is 16.0 Å². The Labute approximate surface area is 242 Å². The fraction of sp³-hybridized carbons (Fsp3) is 0.424. The number of ketones is 1. The van der Waals surface area contributed by atoms with Gasteiger partial charge in [0.25, 0.3) is 0 Å². The van der Waals surface area contributed by atoms with Gasteiger partial charge in [0.1, 0.15) is 5.82 Å². The zero-order valence-electron chi connectivity index (χ0n) is 23.5. The minimum absolute atomic E-state index is 0.152. The number of anilines is 1. The molecule has 6 nitrogen and oxygen atoms in total. The van der Waals surface area contributed by atoms with Crippen molar-refractivity contribution in [2.75, 3.05) is 30.8 Å². The molecule has 1 atom stereocenters. The van der Waals surface area contributed by atoms with Gasteiger partial charge in [-0.25, -0.2) is 4.99 Å². The summed E-state index contributed by atoms with van der Waals surface area (Å²) in [6, 6.07) is 16.3. The number of aliphatic hydroxyl groups is 1. The van der Waals surface area contributed by atoms with Crippen LogP contribution in [0, 0.1) is 5.92 Å². The van der Waals surface area contributed by atoms with Crippen LogP contribution in [0.2, 0.25) is 0 Å². The summed E-state index contributed by atoms with van der Waals surface area (Å²) in [7, 11) is 0. The van der Waals surface area contributed by atoms with E-state index >= 15 is 0 Å². The third-order valence-corrected chi connectivity index (χ3v) is 8.69. The normalized spacial score (nSPS) is 21.1. The maximum atomic E-state index is 12.8. The minimum Gasteiger partial charge on any atom is -0.396 e. The molecule has 4 rings (SSSR count). The van der Waals surface area contributed by atoms with Gasteiger partial charge in [-0.3, -0.25) is 9.59 Å². The fourth-order valence-corrected chi connectivity index (χ4v) is 6.03. The molecule has 212 valence electrons. The van der Waals surface area contributed by atoms with Crippen molar-refractivity contribution in [1.29, 1.82) is 0 Å². The molecule has 1 amide bonds. The number of aliphatic hydroxyl groups excluding tert-OH is 1. The van der Waals surface area contributed by atoms with E-state index in [-0.39, 0.29) is 18.3 Å². The van der Waals surface area contributed by atoms with Gasteiger partial charge in [0.15, 0.2) is 5.78 Å². The lowest BCUT2D eigenvalue weighted by Crippen LogP contribution is -2.29. The molecule has 1 saturated heterocycles. The second kappa shape index (κ2) is 15.6. The standard InChI is InChI=1S/C33H41N3O3S/c1-25(38)36-21-3-5-26(19-22-36)8-17-32(39)29-9-13-30(14-10-29)35-33-7-2-6-27(18-20-34-33)28-11-15-31(16-12-28)40-24-4-23-37/h7,9-16,18,20,26,35,37H,2-6,8,17,19,21-24H2,1H3/b27-18-,33-7+,34-20-. The molecule has 2 aliphatic heterocycles. The molecule has 0 aromatic heterocycles. The highest BCUT2D eigenvalue weighted by Crippen LogP contribution is 2.27. The second-order valence-electron chi connectivity index (χ2n) is 10.5. The summed E-state index contributed by atoms with van der Waals surface area (Å²) < 4.78 is 0. The molecule has 0 radical (unpaired) electrons. The summed E-state index contributed by atoms with van der Waals surface area (Å²) in [4.78, 5) is 32.2. The molecule has 0 aliphatic carbocycles. The first kappa shape index (κ1) is 29.8. The smallest absolute Gasteiger partial charge is 0.219 e. The lowest BCUT2D eigenvalue weighted by Gasteiger charge is -2.18. The number of allylic oxidation sites excluding steroid dienone is 3. The van der Waals surface area contributed by atoms with Crippen LogP contribution in [0.15, 0.2) is 76.4 Å². The van der Waals surface area contributed by atoms with Crippen LogP contribution in [0.25, 0.3) is 5.57 Å². The summed E-state index contributed by atoms with van der Waals surface area (Å²) in [6.45, 7) is 3.52. The fourth-order valence-electron chi connectivity index (χ4n) is 5.19. The van der Waals surface area contributed by atoms with Crippen molar-refractivity contribution in [3.05, 3.63) is 77.6 Å². The molecule has 2 aromatic carbocycles. The van der Waals surface area contributed by atoms with Crippen LogP contribution in [-0.2, 0) is 4.79 Å². The average Bonchev–Trinajstić information content (AvgIpc) is 3.20. The number of nitrogens with one attached hydrogen (secondary N) is 1. The van der Waals surface area contributed by atoms with E-state index in [0.29, 0.717) is 12.3 Å². The Balaban J connectivity index is 1.25. The highest BCUT2D eigenvalue weighted by Gasteiger charge is 2.19. The van der Waals surface area contributed by atoms with E-state index in [1.807, 2.05) is 35.4 Å². The van der Waals surface area contributed by atoms with Crippen LogP contribution < -0.4 is 5.32 Å². The second-order valence-corrected chi connectivity index (χ2v) is 11.7. The van der Waals surface area contributed by atoms with Crippen LogP contribution in [0.5, 0.6) is 0 Å². The number of carbonyl (C=O) groups excluding carboxylic acids is 2. The molecule has 0 saturated carbocycles. The third kappa shape index (κ3) is 9.20. The van der Waals surface area contributed by atoms with E-state index in [4.69, 9.17) is 5.11 Å². The molecule has 2 heterocycles. The van der Waals surface area contributed by atoms with Crippen molar-refractivity contribution in [3.63, 3.8) is 0 Å². The van der Waals surface area contributed by atoms with Gasteiger partial charge in [0.05, 0.1) is 0 Å². The van der Waals surface area contributed by atoms with Crippen LogP contribution >= 0.6 is 11.8 Å². The summed E-state index contributed by atoms with van der Waals surface area (Å²) in [5.41, 5.74) is 4.12. The van der Waals surface area contributed by atoms with Gasteiger partial charge in [0, 0.05) is 61.2 Å². The van der Waals surface area contributed by atoms with Gasteiger partial charge < -0.3 is 15.3 Å². The largest absolute Gasteiger partial charge is 0.396 e. The molecular formula is C33H41N3O3S. The third-order valence-electron chi connectivity index (χ3n) is 7.59. The van der Waals surface area contributed by atoms with Gasteiger partial charge in [0.2, 0.25) is 5.91 Å². The molecular weight excluding hydrogens is 518 g/mol. The summed E-state index contributed by atoms with van der Waals surface area (Å²) in [5, 5.41) is 12.3. The summed E-state index contributed by atoms with van der Waals surface area (Å²) in [5.74, 6) is 2.57. The number of hydrogen-bond donors (Lipinski definition) is 2. The first-order valence-electron chi connectivity index (χ1n) is 14.4. The van der Waals surface area contributed by atoms with Crippen molar-refractivity contribution >= 4 is 40.9 Å². The van der Waals surface area contributed by atoms with Gasteiger partial charge in [-0.15, -0.1) is 11.8 Å². The van der Waals surface area contributed by atoms with E-state index in [0.717, 1.165) is 80.9 Å². The van der Waals surface area contributed by atoms with E-state index in [2.05, 4.69) is 46.7 Å². The Kier molecular flexibility index (Phi) is 11.6. The number of thioether (sulfide) groups is 1. The Bertz CT molecular complexity index is 1220. The number of rotatable bonds is 11. The molecule has 1 unspecified atom stereocenters. The molecule has 7 heteroatoms. The van der Waals surface area contributed by atoms with Crippen molar-refractivity contribution in [2.45, 2.75) is 63.2 Å². The van der Waals surface area contributed by atoms with Crippen LogP contribution in [0.3, 0.4) is 0 Å². The lowest BCUT2D eigenvalue weighted by molar-refractivity contribution is -0.128. The van der Waals surface area contributed by atoms with Gasteiger partial charge in [-0.1, -0.05) is 12.1 Å². The van der Waals surface area contributed by atoms with Gasteiger partial charge in [-0.2, -0.15) is 0 Å². The molecule has 2 aromatic rings. The number of benzene rings is 2. The van der Waals surface area contributed by atoms with E-state index in [1.54, 1.807) is 18.7 Å². The quantitative estimate of drug-likeness (QED) is 0.176. The molecule has 0 bridgehead atoms. The number of carbonyl (C=O) groups is 2. The SMILES string of the molecule is CC(=O)N1CCCC(CCC(=O)c2ccc(NC3=C/CC/C(c4ccc(SCCCO)cc4)=C/C=N\3)cc2)CC1. The number of likely N-dealkylation sites (tertiary alicyclic amines) is 1. The number of aliphatic imine (C=N–C) groups is 1. The monoisotopic (exact) mass is 559 g/mol. The molecule has 0 spiro atoms. The number of amides is 1. The Morgan fingerprint density at radius 3 is 2.62 bits per heavy atom. The Morgan fingerprint density at radius 2 is 1.88 bits per heavy atom. The average molecular weight is 560 g/mol. The number of hydrogen-bond acceptors (Lipinski definition) is 6. The predicted octanol–water partition coefficient (Wildman–Crippen LogP) is 6.97. The first-order valence-corrected chi connectivity index (χ1v) is 15.4. The van der Waals surface area contributed by atoms with Gasteiger partial charge >= 0.3 is 0 Å². The highest BCUT2D eigenvalue weighted by atomic mass is 32.2. The molecule has 2 N–H and O–H groups in total. The van der Waals surface area contributed by atoms with Crippen molar-refractivity contribution in [1.82, 2.24) is 4.90 Å². The minimum atomic E-state index is 0.152. The Morgan fingerprint density at radius 1 is 1.07 bits per heavy atom. The molecule has 2 aliphatic rings. The van der Waals surface area contributed by atoms with Gasteiger partial charge in [-0.05, 0) is 111 Å². The zero-order chi connectivity index (χ0) is 28.2. The Hall–Kier alpha value is -3.16. The molecule has 1 fully saturated rings. The zero-order valence-corrected chi connectivity index (χ0v) is 24.3. The van der Waals surface area contributed by atoms with Crippen LogP contribution in [0.1, 0.15) is 74.2 Å². The predicted molar refractivity (Wildman–Crippen MR) is 166 cm³/mol.